The van der Waals surface area contributed by atoms with Crippen molar-refractivity contribution in [2.75, 3.05) is 0 Å². The molecule has 2 nitrogen and oxygen atoms in total. The lowest BCUT2D eigenvalue weighted by atomic mass is 9.54. The summed E-state index contributed by atoms with van der Waals surface area (Å²) >= 11 is 0. The van der Waals surface area contributed by atoms with Crippen molar-refractivity contribution in [3.05, 3.63) is 46.6 Å². The van der Waals surface area contributed by atoms with E-state index in [4.69, 9.17) is 0 Å². The summed E-state index contributed by atoms with van der Waals surface area (Å²) in [4.78, 5) is 13.3. The summed E-state index contributed by atoms with van der Waals surface area (Å²) in [6.45, 7) is 14.0. The van der Waals surface area contributed by atoms with Gasteiger partial charge in [-0.2, -0.15) is 0 Å². The Bertz CT molecular complexity index is 854. The molecule has 0 aromatic rings. The van der Waals surface area contributed by atoms with Crippen LogP contribution in [0.2, 0.25) is 0 Å². The zero-order valence-corrected chi connectivity index (χ0v) is 19.8. The Labute approximate surface area is 183 Å². The van der Waals surface area contributed by atoms with Gasteiger partial charge in [0, 0.05) is 11.0 Å². The maximum atomic E-state index is 13.3. The van der Waals surface area contributed by atoms with Crippen molar-refractivity contribution >= 4 is 5.78 Å². The van der Waals surface area contributed by atoms with Crippen molar-refractivity contribution in [3.63, 3.8) is 0 Å². The number of carbonyl (C=O) groups excluding carboxylic acids is 1. The van der Waals surface area contributed by atoms with Crippen LogP contribution in [-0.2, 0) is 4.79 Å². The predicted molar refractivity (Wildman–Crippen MR) is 124 cm³/mol. The molecule has 4 rings (SSSR count). The van der Waals surface area contributed by atoms with Gasteiger partial charge in [0.15, 0.2) is 5.78 Å². The minimum Gasteiger partial charge on any atom is -0.393 e. The molecule has 1 N–H and O–H groups in total. The summed E-state index contributed by atoms with van der Waals surface area (Å²) in [6.07, 6.45) is 14.5. The molecule has 0 spiro atoms. The number of aliphatic hydroxyl groups is 1. The monoisotopic (exact) mass is 408 g/mol. The van der Waals surface area contributed by atoms with Crippen LogP contribution in [-0.4, -0.2) is 17.0 Å². The van der Waals surface area contributed by atoms with E-state index in [0.717, 1.165) is 37.7 Å². The number of hydrogen-bond acceptors (Lipinski definition) is 2. The van der Waals surface area contributed by atoms with Crippen LogP contribution in [0.4, 0.5) is 0 Å². The minimum atomic E-state index is -0.288. The molecule has 1 saturated carbocycles. The van der Waals surface area contributed by atoms with Crippen LogP contribution in [0.5, 0.6) is 0 Å². The van der Waals surface area contributed by atoms with Crippen LogP contribution in [0.15, 0.2) is 46.6 Å². The summed E-state index contributed by atoms with van der Waals surface area (Å²) in [5.74, 6) is 2.54. The van der Waals surface area contributed by atoms with Gasteiger partial charge in [0.25, 0.3) is 0 Å². The van der Waals surface area contributed by atoms with E-state index in [-0.39, 0.29) is 22.7 Å². The maximum absolute atomic E-state index is 13.3. The van der Waals surface area contributed by atoms with Crippen molar-refractivity contribution in [2.24, 2.45) is 34.5 Å². The molecule has 4 aliphatic carbocycles. The molecule has 0 heterocycles. The molecule has 2 heteroatoms. The lowest BCUT2D eigenvalue weighted by Crippen LogP contribution is -2.41. The summed E-state index contributed by atoms with van der Waals surface area (Å²) in [5, 5.41) is 10.2. The highest BCUT2D eigenvalue weighted by Crippen LogP contribution is 2.62. The molecule has 6 atom stereocenters. The fraction of sp³-hybridized carbons (Fsp3) is 0.679. The minimum absolute atomic E-state index is 0.0268. The lowest BCUT2D eigenvalue weighted by Gasteiger charge is -2.49. The first-order valence-electron chi connectivity index (χ1n) is 12.1. The van der Waals surface area contributed by atoms with E-state index in [2.05, 4.69) is 59.8 Å². The molecule has 0 aromatic carbocycles. The van der Waals surface area contributed by atoms with Gasteiger partial charge in [-0.25, -0.2) is 0 Å². The van der Waals surface area contributed by atoms with Crippen LogP contribution in [0.25, 0.3) is 0 Å². The first kappa shape index (κ1) is 21.8. The third-order valence-corrected chi connectivity index (χ3v) is 9.24. The van der Waals surface area contributed by atoms with Crippen LogP contribution < -0.4 is 0 Å². The summed E-state index contributed by atoms with van der Waals surface area (Å²) in [5.41, 5.74) is 4.98. The molecule has 0 aliphatic heterocycles. The lowest BCUT2D eigenvalue weighted by molar-refractivity contribution is -0.111. The van der Waals surface area contributed by atoms with E-state index >= 15 is 0 Å². The number of allylic oxidation sites excluding steroid dienone is 7. The number of ketones is 1. The Kier molecular flexibility index (Phi) is 5.54. The standard InChI is InChI=1S/C28H40O2/c1-17(2)18(3)7-8-19(4)22-9-10-23-26-24(12-14-28(22,23)6)27(5)13-11-21(29)15-20(27)16-25(26)30/h7-8,10,16-19,21-22,29H,9,11-15H2,1-6H3. The summed E-state index contributed by atoms with van der Waals surface area (Å²) in [7, 11) is 0. The Morgan fingerprint density at radius 2 is 1.87 bits per heavy atom. The van der Waals surface area contributed by atoms with Crippen molar-refractivity contribution in [1.29, 1.82) is 0 Å². The first-order valence-corrected chi connectivity index (χ1v) is 12.1. The average molecular weight is 409 g/mol. The molecule has 4 aliphatic rings. The van der Waals surface area contributed by atoms with E-state index < -0.39 is 0 Å². The third kappa shape index (κ3) is 3.30. The van der Waals surface area contributed by atoms with Gasteiger partial charge in [-0.1, -0.05) is 65.3 Å². The van der Waals surface area contributed by atoms with Gasteiger partial charge in [0.2, 0.25) is 0 Å². The smallest absolute Gasteiger partial charge is 0.186 e. The third-order valence-electron chi connectivity index (χ3n) is 9.24. The number of carbonyl (C=O) groups is 1. The van der Waals surface area contributed by atoms with Crippen LogP contribution in [0.1, 0.15) is 80.1 Å². The van der Waals surface area contributed by atoms with E-state index in [1.54, 1.807) is 0 Å². The van der Waals surface area contributed by atoms with Crippen LogP contribution in [0, 0.1) is 34.5 Å². The van der Waals surface area contributed by atoms with Gasteiger partial charge < -0.3 is 5.11 Å². The van der Waals surface area contributed by atoms with E-state index in [1.807, 2.05) is 6.08 Å². The zero-order chi connectivity index (χ0) is 21.8. The van der Waals surface area contributed by atoms with Gasteiger partial charge in [-0.05, 0) is 84.8 Å². The highest BCUT2D eigenvalue weighted by atomic mass is 16.3. The highest BCUT2D eigenvalue weighted by Gasteiger charge is 2.52. The number of fused-ring (bicyclic) bond motifs is 4. The fourth-order valence-corrected chi connectivity index (χ4v) is 6.64. The highest BCUT2D eigenvalue weighted by molar-refractivity contribution is 6.10. The van der Waals surface area contributed by atoms with Crippen molar-refractivity contribution in [3.8, 4) is 0 Å². The summed E-state index contributed by atoms with van der Waals surface area (Å²) < 4.78 is 0. The Hall–Kier alpha value is -1.41. The predicted octanol–water partition coefficient (Wildman–Crippen LogP) is 6.57. The molecular formula is C28H40O2. The van der Waals surface area contributed by atoms with Crippen LogP contribution >= 0.6 is 0 Å². The SMILES string of the molecule is CC(C)C(C)C=CC(C)C1CC=C2C3=C(CCC21C)C1(C)CCC(O)CC1=CC3=O. The second-order valence-electron chi connectivity index (χ2n) is 11.3. The molecular weight excluding hydrogens is 368 g/mol. The fourth-order valence-electron chi connectivity index (χ4n) is 6.64. The second kappa shape index (κ2) is 7.62. The number of hydrogen-bond donors (Lipinski definition) is 1. The van der Waals surface area contributed by atoms with Gasteiger partial charge in [0.1, 0.15) is 0 Å². The average Bonchev–Trinajstić information content (AvgIpc) is 3.04. The quantitative estimate of drug-likeness (QED) is 0.534. The molecule has 1 fully saturated rings. The number of aliphatic hydroxyl groups excluding tert-OH is 1. The Morgan fingerprint density at radius 1 is 1.13 bits per heavy atom. The Balaban J connectivity index is 1.64. The van der Waals surface area contributed by atoms with E-state index in [1.165, 1.54) is 16.7 Å². The molecule has 0 amide bonds. The molecule has 0 radical (unpaired) electrons. The van der Waals surface area contributed by atoms with Crippen molar-refractivity contribution < 1.29 is 9.90 Å². The molecule has 0 aromatic heterocycles. The van der Waals surface area contributed by atoms with Gasteiger partial charge in [-0.3, -0.25) is 4.79 Å². The zero-order valence-electron chi connectivity index (χ0n) is 19.8. The van der Waals surface area contributed by atoms with Crippen molar-refractivity contribution in [1.82, 2.24) is 0 Å². The second-order valence-corrected chi connectivity index (χ2v) is 11.3. The van der Waals surface area contributed by atoms with Gasteiger partial charge in [0.05, 0.1) is 6.10 Å². The summed E-state index contributed by atoms with van der Waals surface area (Å²) in [6, 6.07) is 0. The molecule has 164 valence electrons. The number of rotatable bonds is 4. The maximum Gasteiger partial charge on any atom is 0.186 e. The normalized spacial score (nSPS) is 38.2. The molecule has 6 unspecified atom stereocenters. The van der Waals surface area contributed by atoms with E-state index in [9.17, 15) is 9.90 Å². The molecule has 30 heavy (non-hydrogen) atoms. The molecule has 0 saturated heterocycles. The largest absolute Gasteiger partial charge is 0.393 e. The van der Waals surface area contributed by atoms with E-state index in [0.29, 0.717) is 30.1 Å². The Morgan fingerprint density at radius 3 is 2.57 bits per heavy atom. The van der Waals surface area contributed by atoms with Crippen LogP contribution in [0.3, 0.4) is 0 Å². The van der Waals surface area contributed by atoms with Gasteiger partial charge in [-0.15, -0.1) is 0 Å². The first-order chi connectivity index (χ1) is 14.1. The van der Waals surface area contributed by atoms with Gasteiger partial charge >= 0.3 is 0 Å². The molecule has 0 bridgehead atoms. The van der Waals surface area contributed by atoms with Crippen molar-refractivity contribution in [2.45, 2.75) is 86.2 Å². The topological polar surface area (TPSA) is 37.3 Å².